The molecule has 22 heavy (non-hydrogen) atoms. The zero-order valence-corrected chi connectivity index (χ0v) is 13.2. The lowest BCUT2D eigenvalue weighted by Gasteiger charge is -2.15. The first-order valence-corrected chi connectivity index (χ1v) is 8.62. The predicted octanol–water partition coefficient (Wildman–Crippen LogP) is 2.24. The SMILES string of the molecule is CC(NC(=O)NCc1ccco1)c1ccc(S(C)(=O)=O)cc1. The number of benzene rings is 1. The van der Waals surface area contributed by atoms with Crippen LogP contribution in [0.5, 0.6) is 0 Å². The van der Waals surface area contributed by atoms with Gasteiger partial charge in [-0.25, -0.2) is 13.2 Å². The third kappa shape index (κ3) is 4.36. The Labute approximate surface area is 129 Å². The van der Waals surface area contributed by atoms with E-state index in [0.717, 1.165) is 11.8 Å². The van der Waals surface area contributed by atoms with Crippen molar-refractivity contribution >= 4 is 15.9 Å². The number of hydrogen-bond acceptors (Lipinski definition) is 4. The number of carbonyl (C=O) groups excluding carboxylic acids is 1. The van der Waals surface area contributed by atoms with Gasteiger partial charge in [0.15, 0.2) is 9.84 Å². The minimum Gasteiger partial charge on any atom is -0.467 e. The second-order valence-corrected chi connectivity index (χ2v) is 6.99. The summed E-state index contributed by atoms with van der Waals surface area (Å²) in [5.74, 6) is 0.667. The van der Waals surface area contributed by atoms with Crippen LogP contribution in [-0.4, -0.2) is 20.7 Å². The zero-order chi connectivity index (χ0) is 16.2. The van der Waals surface area contributed by atoms with Crippen molar-refractivity contribution in [1.29, 1.82) is 0 Å². The first-order chi connectivity index (χ1) is 10.4. The molecule has 0 saturated carbocycles. The van der Waals surface area contributed by atoms with E-state index in [1.165, 1.54) is 12.1 Å². The molecule has 6 nitrogen and oxygen atoms in total. The van der Waals surface area contributed by atoms with Gasteiger partial charge in [-0.1, -0.05) is 12.1 Å². The third-order valence-corrected chi connectivity index (χ3v) is 4.29. The standard InChI is InChI=1S/C15H18N2O4S/c1-11(12-5-7-14(8-6-12)22(2,19)20)17-15(18)16-10-13-4-3-9-21-13/h3-9,11H,10H2,1-2H3,(H2,16,17,18). The van der Waals surface area contributed by atoms with Gasteiger partial charge in [0.25, 0.3) is 0 Å². The van der Waals surface area contributed by atoms with Gasteiger partial charge < -0.3 is 15.1 Å². The number of carbonyl (C=O) groups is 1. The Bertz CT molecular complexity index is 721. The third-order valence-electron chi connectivity index (χ3n) is 3.16. The summed E-state index contributed by atoms with van der Waals surface area (Å²) in [5.41, 5.74) is 0.820. The molecule has 0 spiro atoms. The maximum absolute atomic E-state index is 11.8. The molecular formula is C15H18N2O4S. The Kier molecular flexibility index (Phi) is 4.87. The largest absolute Gasteiger partial charge is 0.467 e. The van der Waals surface area contributed by atoms with Crippen molar-refractivity contribution in [2.45, 2.75) is 24.4 Å². The molecule has 7 heteroatoms. The van der Waals surface area contributed by atoms with E-state index < -0.39 is 9.84 Å². The molecule has 1 aromatic heterocycles. The van der Waals surface area contributed by atoms with Crippen LogP contribution < -0.4 is 10.6 Å². The van der Waals surface area contributed by atoms with Gasteiger partial charge in [-0.15, -0.1) is 0 Å². The second kappa shape index (κ2) is 6.65. The van der Waals surface area contributed by atoms with Gasteiger partial charge in [0.2, 0.25) is 0 Å². The van der Waals surface area contributed by atoms with Crippen molar-refractivity contribution in [2.24, 2.45) is 0 Å². The molecule has 2 aromatic rings. The molecule has 1 unspecified atom stereocenters. The monoisotopic (exact) mass is 322 g/mol. The molecule has 0 radical (unpaired) electrons. The van der Waals surface area contributed by atoms with Crippen LogP contribution in [0.1, 0.15) is 24.3 Å². The zero-order valence-electron chi connectivity index (χ0n) is 12.4. The summed E-state index contributed by atoms with van der Waals surface area (Å²) in [5, 5.41) is 5.46. The van der Waals surface area contributed by atoms with E-state index in [9.17, 15) is 13.2 Å². The fourth-order valence-corrected chi connectivity index (χ4v) is 2.55. The molecular weight excluding hydrogens is 304 g/mol. The highest BCUT2D eigenvalue weighted by molar-refractivity contribution is 7.90. The van der Waals surface area contributed by atoms with Crippen molar-refractivity contribution in [3.05, 3.63) is 54.0 Å². The molecule has 0 saturated heterocycles. The highest BCUT2D eigenvalue weighted by Crippen LogP contribution is 2.16. The van der Waals surface area contributed by atoms with Crippen molar-refractivity contribution in [1.82, 2.24) is 10.6 Å². The summed E-state index contributed by atoms with van der Waals surface area (Å²) in [6, 6.07) is 9.39. The molecule has 1 atom stereocenters. The quantitative estimate of drug-likeness (QED) is 0.883. The number of furan rings is 1. The molecule has 2 rings (SSSR count). The second-order valence-electron chi connectivity index (χ2n) is 4.97. The van der Waals surface area contributed by atoms with E-state index in [1.807, 2.05) is 6.92 Å². The van der Waals surface area contributed by atoms with E-state index in [0.29, 0.717) is 12.3 Å². The van der Waals surface area contributed by atoms with Crippen molar-refractivity contribution in [2.75, 3.05) is 6.26 Å². The van der Waals surface area contributed by atoms with Gasteiger partial charge >= 0.3 is 6.03 Å². The predicted molar refractivity (Wildman–Crippen MR) is 82.0 cm³/mol. The number of hydrogen-bond donors (Lipinski definition) is 2. The smallest absolute Gasteiger partial charge is 0.315 e. The van der Waals surface area contributed by atoms with Crippen LogP contribution in [0.4, 0.5) is 4.79 Å². The molecule has 1 aromatic carbocycles. The number of urea groups is 1. The number of nitrogens with one attached hydrogen (secondary N) is 2. The Morgan fingerprint density at radius 1 is 1.23 bits per heavy atom. The summed E-state index contributed by atoms with van der Waals surface area (Å²) in [7, 11) is -3.21. The van der Waals surface area contributed by atoms with Gasteiger partial charge in [-0.2, -0.15) is 0 Å². The molecule has 0 aliphatic rings. The van der Waals surface area contributed by atoms with Crippen molar-refractivity contribution < 1.29 is 17.6 Å². The maximum Gasteiger partial charge on any atom is 0.315 e. The van der Waals surface area contributed by atoms with E-state index in [4.69, 9.17) is 4.42 Å². The first-order valence-electron chi connectivity index (χ1n) is 6.73. The maximum atomic E-state index is 11.8. The summed E-state index contributed by atoms with van der Waals surface area (Å²) >= 11 is 0. The van der Waals surface area contributed by atoms with E-state index in [1.54, 1.807) is 30.5 Å². The van der Waals surface area contributed by atoms with Crippen molar-refractivity contribution in [3.8, 4) is 0 Å². The number of sulfone groups is 1. The van der Waals surface area contributed by atoms with Crippen LogP contribution in [0.2, 0.25) is 0 Å². The van der Waals surface area contributed by atoms with Crippen LogP contribution in [0.15, 0.2) is 52.0 Å². The minimum absolute atomic E-state index is 0.245. The van der Waals surface area contributed by atoms with E-state index in [2.05, 4.69) is 10.6 Å². The van der Waals surface area contributed by atoms with Crippen molar-refractivity contribution in [3.63, 3.8) is 0 Å². The number of rotatable bonds is 5. The lowest BCUT2D eigenvalue weighted by Crippen LogP contribution is -2.36. The van der Waals surface area contributed by atoms with E-state index >= 15 is 0 Å². The molecule has 2 N–H and O–H groups in total. The van der Waals surface area contributed by atoms with Crippen LogP contribution in [0.25, 0.3) is 0 Å². The minimum atomic E-state index is -3.21. The highest BCUT2D eigenvalue weighted by Gasteiger charge is 2.11. The Morgan fingerprint density at radius 2 is 1.91 bits per heavy atom. The average molecular weight is 322 g/mol. The van der Waals surface area contributed by atoms with Crippen LogP contribution in [-0.2, 0) is 16.4 Å². The molecule has 0 aliphatic heterocycles. The summed E-state index contributed by atoms with van der Waals surface area (Å²) in [6.07, 6.45) is 2.70. The highest BCUT2D eigenvalue weighted by atomic mass is 32.2. The average Bonchev–Trinajstić information content (AvgIpc) is 2.97. The Morgan fingerprint density at radius 3 is 2.45 bits per heavy atom. The summed E-state index contributed by atoms with van der Waals surface area (Å²) in [4.78, 5) is 12.0. The fourth-order valence-electron chi connectivity index (χ4n) is 1.92. The lowest BCUT2D eigenvalue weighted by molar-refractivity contribution is 0.236. The molecule has 1 heterocycles. The van der Waals surface area contributed by atoms with E-state index in [-0.39, 0.29) is 17.0 Å². The van der Waals surface area contributed by atoms with Gasteiger partial charge in [0, 0.05) is 6.26 Å². The van der Waals surface area contributed by atoms with Crippen LogP contribution in [0, 0.1) is 0 Å². The normalized spacial score (nSPS) is 12.6. The first kappa shape index (κ1) is 16.1. The molecule has 0 fully saturated rings. The van der Waals surface area contributed by atoms with Crippen LogP contribution >= 0.6 is 0 Å². The topological polar surface area (TPSA) is 88.4 Å². The fraction of sp³-hybridized carbons (Fsp3) is 0.267. The summed E-state index contributed by atoms with van der Waals surface area (Å²) < 4.78 is 27.9. The number of amides is 2. The molecule has 118 valence electrons. The van der Waals surface area contributed by atoms with Crippen LogP contribution in [0.3, 0.4) is 0 Å². The lowest BCUT2D eigenvalue weighted by atomic mass is 10.1. The molecule has 0 bridgehead atoms. The summed E-state index contributed by atoms with van der Waals surface area (Å²) in [6.45, 7) is 2.13. The molecule has 2 amide bonds. The van der Waals surface area contributed by atoms with Gasteiger partial charge in [0.05, 0.1) is 23.7 Å². The van der Waals surface area contributed by atoms with Gasteiger partial charge in [-0.05, 0) is 36.8 Å². The Balaban J connectivity index is 1.91. The Hall–Kier alpha value is -2.28. The van der Waals surface area contributed by atoms with Gasteiger partial charge in [0.1, 0.15) is 5.76 Å². The molecule has 0 aliphatic carbocycles. The van der Waals surface area contributed by atoms with Gasteiger partial charge in [-0.3, -0.25) is 0 Å².